The number of rotatable bonds is 5. The minimum atomic E-state index is -0.139. The molecule has 0 bridgehead atoms. The zero-order valence-electron chi connectivity index (χ0n) is 15.5. The Morgan fingerprint density at radius 1 is 1.11 bits per heavy atom. The van der Waals surface area contributed by atoms with Gasteiger partial charge in [0.2, 0.25) is 5.95 Å². The van der Waals surface area contributed by atoms with Gasteiger partial charge >= 0.3 is 0 Å². The van der Waals surface area contributed by atoms with E-state index in [2.05, 4.69) is 15.3 Å². The van der Waals surface area contributed by atoms with Crippen molar-refractivity contribution < 1.29 is 4.79 Å². The van der Waals surface area contributed by atoms with Crippen LogP contribution in [0.3, 0.4) is 0 Å². The van der Waals surface area contributed by atoms with Crippen molar-refractivity contribution >= 4 is 34.8 Å². The second kappa shape index (κ2) is 8.18. The molecule has 0 aliphatic carbocycles. The van der Waals surface area contributed by atoms with Gasteiger partial charge in [0.1, 0.15) is 0 Å². The average Bonchev–Trinajstić information content (AvgIpc) is 2.66. The van der Waals surface area contributed by atoms with Crippen LogP contribution in [0.2, 0.25) is 5.02 Å². The fourth-order valence-electron chi connectivity index (χ4n) is 2.90. The molecule has 0 aliphatic heterocycles. The highest BCUT2D eigenvalue weighted by molar-refractivity contribution is 6.33. The SMILES string of the molecule is CCN(C(=O)c1cnc(Nc2c(C)cc(C)cc2Cl)nc1)c1ccccc1. The molecule has 0 saturated carbocycles. The first kappa shape index (κ1) is 18.9. The van der Waals surface area contributed by atoms with Gasteiger partial charge in [-0.2, -0.15) is 0 Å². The van der Waals surface area contributed by atoms with E-state index in [1.54, 1.807) is 4.90 Å². The summed E-state index contributed by atoms with van der Waals surface area (Å²) in [7, 11) is 0. The number of carbonyl (C=O) groups excluding carboxylic acids is 1. The summed E-state index contributed by atoms with van der Waals surface area (Å²) in [6.07, 6.45) is 3.06. The number of nitrogens with one attached hydrogen (secondary N) is 1. The van der Waals surface area contributed by atoms with E-state index in [0.717, 1.165) is 22.5 Å². The summed E-state index contributed by atoms with van der Waals surface area (Å²) in [5, 5.41) is 3.74. The Morgan fingerprint density at radius 2 is 1.78 bits per heavy atom. The first-order valence-corrected chi connectivity index (χ1v) is 9.10. The lowest BCUT2D eigenvalue weighted by Crippen LogP contribution is -2.30. The molecule has 0 atom stereocenters. The maximum atomic E-state index is 12.8. The van der Waals surface area contributed by atoms with Crippen molar-refractivity contribution in [3.05, 3.63) is 76.6 Å². The monoisotopic (exact) mass is 380 g/mol. The number of benzene rings is 2. The summed E-state index contributed by atoms with van der Waals surface area (Å²) < 4.78 is 0. The smallest absolute Gasteiger partial charge is 0.261 e. The van der Waals surface area contributed by atoms with Crippen LogP contribution >= 0.6 is 11.6 Å². The lowest BCUT2D eigenvalue weighted by atomic mass is 10.1. The molecule has 0 saturated heterocycles. The number of para-hydroxylation sites is 1. The van der Waals surface area contributed by atoms with Crippen LogP contribution in [0, 0.1) is 13.8 Å². The Hall–Kier alpha value is -2.92. The van der Waals surface area contributed by atoms with Crippen LogP contribution in [0.4, 0.5) is 17.3 Å². The fourth-order valence-corrected chi connectivity index (χ4v) is 3.26. The molecule has 1 N–H and O–H groups in total. The van der Waals surface area contributed by atoms with Gasteiger partial charge in [0, 0.05) is 24.6 Å². The minimum absolute atomic E-state index is 0.139. The minimum Gasteiger partial charge on any atom is -0.323 e. The molecular weight excluding hydrogens is 360 g/mol. The number of amides is 1. The molecule has 1 aromatic heterocycles. The van der Waals surface area contributed by atoms with Gasteiger partial charge in [0.05, 0.1) is 16.3 Å². The molecule has 5 nitrogen and oxygen atoms in total. The summed E-state index contributed by atoms with van der Waals surface area (Å²) in [5.41, 5.74) is 4.13. The zero-order valence-corrected chi connectivity index (χ0v) is 16.3. The first-order chi connectivity index (χ1) is 13.0. The molecule has 2 aromatic carbocycles. The van der Waals surface area contributed by atoms with Crippen molar-refractivity contribution in [3.63, 3.8) is 0 Å². The zero-order chi connectivity index (χ0) is 19.4. The molecular formula is C21H21ClN4O. The normalized spacial score (nSPS) is 10.5. The van der Waals surface area contributed by atoms with Crippen molar-refractivity contribution in [1.29, 1.82) is 0 Å². The molecule has 0 unspecified atom stereocenters. The van der Waals surface area contributed by atoms with E-state index < -0.39 is 0 Å². The second-order valence-corrected chi connectivity index (χ2v) is 6.65. The summed E-state index contributed by atoms with van der Waals surface area (Å²) in [4.78, 5) is 23.0. The Balaban J connectivity index is 1.80. The van der Waals surface area contributed by atoms with Crippen LogP contribution in [0.15, 0.2) is 54.9 Å². The topological polar surface area (TPSA) is 58.1 Å². The summed E-state index contributed by atoms with van der Waals surface area (Å²) >= 11 is 6.32. The quantitative estimate of drug-likeness (QED) is 0.664. The predicted molar refractivity (Wildman–Crippen MR) is 110 cm³/mol. The molecule has 0 spiro atoms. The Labute approximate surface area is 164 Å². The molecule has 3 aromatic rings. The molecule has 0 fully saturated rings. The molecule has 3 rings (SSSR count). The number of hydrogen-bond acceptors (Lipinski definition) is 4. The average molecular weight is 381 g/mol. The standard InChI is InChI=1S/C21H21ClN4O/c1-4-26(17-8-6-5-7-9-17)20(27)16-12-23-21(24-13-16)25-19-15(3)10-14(2)11-18(19)22/h5-13H,4H2,1-3H3,(H,23,24,25). The fraction of sp³-hybridized carbons (Fsp3) is 0.190. The van der Waals surface area contributed by atoms with Crippen molar-refractivity contribution in [2.75, 3.05) is 16.8 Å². The van der Waals surface area contributed by atoms with E-state index in [0.29, 0.717) is 23.1 Å². The third-order valence-corrected chi connectivity index (χ3v) is 4.49. The number of aryl methyl sites for hydroxylation is 2. The van der Waals surface area contributed by atoms with Gasteiger partial charge in [-0.3, -0.25) is 4.79 Å². The highest BCUT2D eigenvalue weighted by Crippen LogP contribution is 2.29. The molecule has 0 radical (unpaired) electrons. The van der Waals surface area contributed by atoms with E-state index in [9.17, 15) is 4.79 Å². The maximum absolute atomic E-state index is 12.8. The molecule has 0 aliphatic rings. The van der Waals surface area contributed by atoms with Gasteiger partial charge in [-0.1, -0.05) is 35.9 Å². The van der Waals surface area contributed by atoms with Crippen LogP contribution in [0.1, 0.15) is 28.4 Å². The lowest BCUT2D eigenvalue weighted by molar-refractivity contribution is 0.0987. The third kappa shape index (κ3) is 4.26. The van der Waals surface area contributed by atoms with E-state index in [-0.39, 0.29) is 5.91 Å². The summed E-state index contributed by atoms with van der Waals surface area (Å²) in [6, 6.07) is 13.5. The Kier molecular flexibility index (Phi) is 5.72. The van der Waals surface area contributed by atoms with Crippen molar-refractivity contribution in [3.8, 4) is 0 Å². The van der Waals surface area contributed by atoms with Gasteiger partial charge < -0.3 is 10.2 Å². The molecule has 6 heteroatoms. The molecule has 1 amide bonds. The van der Waals surface area contributed by atoms with Gasteiger partial charge in [-0.25, -0.2) is 9.97 Å². The summed E-state index contributed by atoms with van der Waals surface area (Å²) in [6.45, 7) is 6.45. The number of aromatic nitrogens is 2. The molecule has 27 heavy (non-hydrogen) atoms. The summed E-state index contributed by atoms with van der Waals surface area (Å²) in [5.74, 6) is 0.253. The number of halogens is 1. The van der Waals surface area contributed by atoms with Gasteiger partial charge in [0.25, 0.3) is 5.91 Å². The largest absolute Gasteiger partial charge is 0.323 e. The third-order valence-electron chi connectivity index (χ3n) is 4.20. The highest BCUT2D eigenvalue weighted by Gasteiger charge is 2.17. The van der Waals surface area contributed by atoms with E-state index in [4.69, 9.17) is 11.6 Å². The van der Waals surface area contributed by atoms with E-state index in [1.807, 2.05) is 63.2 Å². The highest BCUT2D eigenvalue weighted by atomic mass is 35.5. The van der Waals surface area contributed by atoms with Gasteiger partial charge in [-0.05, 0) is 50.1 Å². The van der Waals surface area contributed by atoms with Crippen LogP contribution < -0.4 is 10.2 Å². The second-order valence-electron chi connectivity index (χ2n) is 6.24. The van der Waals surface area contributed by atoms with E-state index in [1.165, 1.54) is 12.4 Å². The Bertz CT molecular complexity index is 919. The van der Waals surface area contributed by atoms with Crippen LogP contribution in [-0.4, -0.2) is 22.4 Å². The number of nitrogens with zero attached hydrogens (tertiary/aromatic N) is 3. The number of hydrogen-bond donors (Lipinski definition) is 1. The van der Waals surface area contributed by atoms with Crippen LogP contribution in [0.25, 0.3) is 0 Å². The predicted octanol–water partition coefficient (Wildman–Crippen LogP) is 5.16. The first-order valence-electron chi connectivity index (χ1n) is 8.72. The maximum Gasteiger partial charge on any atom is 0.261 e. The van der Waals surface area contributed by atoms with Gasteiger partial charge in [-0.15, -0.1) is 0 Å². The van der Waals surface area contributed by atoms with Gasteiger partial charge in [0.15, 0.2) is 0 Å². The van der Waals surface area contributed by atoms with Crippen LogP contribution in [0.5, 0.6) is 0 Å². The molecule has 138 valence electrons. The van der Waals surface area contributed by atoms with Crippen molar-refractivity contribution in [1.82, 2.24) is 9.97 Å². The number of carbonyl (C=O) groups is 1. The van der Waals surface area contributed by atoms with Crippen molar-refractivity contribution in [2.45, 2.75) is 20.8 Å². The van der Waals surface area contributed by atoms with Crippen LogP contribution in [-0.2, 0) is 0 Å². The lowest BCUT2D eigenvalue weighted by Gasteiger charge is -2.20. The van der Waals surface area contributed by atoms with Crippen molar-refractivity contribution in [2.24, 2.45) is 0 Å². The molecule has 1 heterocycles. The number of anilines is 3. The Morgan fingerprint density at radius 3 is 2.37 bits per heavy atom. The van der Waals surface area contributed by atoms with E-state index >= 15 is 0 Å².